The van der Waals surface area contributed by atoms with E-state index in [0.717, 1.165) is 16.7 Å². The fourth-order valence-electron chi connectivity index (χ4n) is 3.45. The molecule has 33 heavy (non-hydrogen) atoms. The fourth-order valence-corrected chi connectivity index (χ4v) is 3.45. The van der Waals surface area contributed by atoms with Gasteiger partial charge in [0, 0.05) is 24.9 Å². The summed E-state index contributed by atoms with van der Waals surface area (Å²) in [5, 5.41) is 11.9. The zero-order valence-corrected chi connectivity index (χ0v) is 18.2. The molecule has 0 radical (unpaired) electrons. The Kier molecular flexibility index (Phi) is 8.31. The lowest BCUT2D eigenvalue weighted by Gasteiger charge is -2.22. The van der Waals surface area contributed by atoms with Crippen molar-refractivity contribution in [1.29, 1.82) is 0 Å². The van der Waals surface area contributed by atoms with Gasteiger partial charge in [0.2, 0.25) is 5.91 Å². The molecule has 1 heterocycles. The molecule has 0 spiro atoms. The Balaban J connectivity index is 1.64. The number of carbonyl (C=O) groups excluding carboxylic acids is 2. The number of rotatable bonds is 11. The third-order valence-electron chi connectivity index (χ3n) is 4.99. The molecule has 0 saturated carbocycles. The van der Waals surface area contributed by atoms with E-state index in [1.807, 2.05) is 54.6 Å². The highest BCUT2D eigenvalue weighted by atomic mass is 16.5. The molecule has 1 atom stereocenters. The molecular weight excluding hydrogens is 424 g/mol. The van der Waals surface area contributed by atoms with Crippen molar-refractivity contribution in [1.82, 2.24) is 20.2 Å². The van der Waals surface area contributed by atoms with Gasteiger partial charge in [-0.15, -0.1) is 0 Å². The Morgan fingerprint density at radius 2 is 1.76 bits per heavy atom. The highest BCUT2D eigenvalue weighted by Crippen LogP contribution is 2.19. The van der Waals surface area contributed by atoms with Gasteiger partial charge in [-0.3, -0.25) is 14.5 Å². The number of ether oxygens (including phenoxy) is 1. The standard InChI is InChI=1S/C24H26N4O5/c1-33-24(32)21(11-20-12-25-16-26-20)27-22(29)14-28(15-23(30)31)13-17-7-9-19(10-8-17)18-5-3-2-4-6-18/h2-10,12,16,21H,11,13-15H2,1H3,(H,25,26)(H,27,29)(H,30,31). The summed E-state index contributed by atoms with van der Waals surface area (Å²) in [6.45, 7) is -0.251. The molecule has 1 aromatic heterocycles. The van der Waals surface area contributed by atoms with Gasteiger partial charge in [0.1, 0.15) is 6.04 Å². The topological polar surface area (TPSA) is 125 Å². The maximum atomic E-state index is 12.6. The summed E-state index contributed by atoms with van der Waals surface area (Å²) in [6.07, 6.45) is 3.21. The van der Waals surface area contributed by atoms with Gasteiger partial charge in [-0.05, 0) is 16.7 Å². The summed E-state index contributed by atoms with van der Waals surface area (Å²) < 4.78 is 4.78. The molecule has 3 aromatic rings. The molecule has 9 heteroatoms. The molecule has 0 aliphatic heterocycles. The number of H-pyrrole nitrogens is 1. The van der Waals surface area contributed by atoms with Gasteiger partial charge >= 0.3 is 11.9 Å². The lowest BCUT2D eigenvalue weighted by Crippen LogP contribution is -2.47. The molecule has 1 amide bonds. The fraction of sp³-hybridized carbons (Fsp3) is 0.250. The first kappa shape index (κ1) is 23.7. The Morgan fingerprint density at radius 1 is 1.06 bits per heavy atom. The first-order valence-corrected chi connectivity index (χ1v) is 10.4. The number of esters is 1. The molecule has 0 aliphatic carbocycles. The van der Waals surface area contributed by atoms with E-state index in [0.29, 0.717) is 5.69 Å². The number of nitrogens with one attached hydrogen (secondary N) is 2. The Hall–Kier alpha value is -3.98. The zero-order valence-electron chi connectivity index (χ0n) is 18.2. The summed E-state index contributed by atoms with van der Waals surface area (Å²) in [5.74, 6) is -2.13. The normalized spacial score (nSPS) is 11.7. The molecule has 1 unspecified atom stereocenters. The number of aromatic amines is 1. The van der Waals surface area contributed by atoms with Gasteiger partial charge in [-0.25, -0.2) is 9.78 Å². The van der Waals surface area contributed by atoms with Crippen molar-refractivity contribution in [3.63, 3.8) is 0 Å². The Labute approximate surface area is 191 Å². The van der Waals surface area contributed by atoms with E-state index in [2.05, 4.69) is 15.3 Å². The molecule has 0 bridgehead atoms. The number of imidazole rings is 1. The van der Waals surface area contributed by atoms with E-state index in [1.165, 1.54) is 18.3 Å². The first-order valence-electron chi connectivity index (χ1n) is 10.4. The van der Waals surface area contributed by atoms with Crippen molar-refractivity contribution in [2.24, 2.45) is 0 Å². The third kappa shape index (κ3) is 7.29. The molecule has 3 rings (SSSR count). The number of carboxylic acid groups (broad SMARTS) is 1. The quantitative estimate of drug-likeness (QED) is 0.381. The van der Waals surface area contributed by atoms with Gasteiger partial charge in [0.25, 0.3) is 0 Å². The predicted molar refractivity (Wildman–Crippen MR) is 121 cm³/mol. The minimum absolute atomic E-state index is 0.179. The number of hydrogen-bond acceptors (Lipinski definition) is 6. The van der Waals surface area contributed by atoms with E-state index in [1.54, 1.807) is 6.20 Å². The van der Waals surface area contributed by atoms with Crippen LogP contribution in [0.1, 0.15) is 11.3 Å². The zero-order chi connectivity index (χ0) is 23.6. The van der Waals surface area contributed by atoms with Crippen LogP contribution in [0.15, 0.2) is 67.1 Å². The largest absolute Gasteiger partial charge is 0.480 e. The van der Waals surface area contributed by atoms with Crippen LogP contribution in [0.25, 0.3) is 11.1 Å². The summed E-state index contributed by atoms with van der Waals surface area (Å²) in [5.41, 5.74) is 3.65. The monoisotopic (exact) mass is 450 g/mol. The Bertz CT molecular complexity index is 1050. The number of nitrogens with zero attached hydrogens (tertiary/aromatic N) is 2. The highest BCUT2D eigenvalue weighted by molar-refractivity contribution is 5.86. The van der Waals surface area contributed by atoms with Crippen LogP contribution >= 0.6 is 0 Å². The third-order valence-corrected chi connectivity index (χ3v) is 4.99. The highest BCUT2D eigenvalue weighted by Gasteiger charge is 2.24. The average Bonchev–Trinajstić information content (AvgIpc) is 3.32. The van der Waals surface area contributed by atoms with Gasteiger partial charge in [0.05, 0.1) is 26.5 Å². The molecule has 9 nitrogen and oxygen atoms in total. The minimum Gasteiger partial charge on any atom is -0.480 e. The molecule has 2 aromatic carbocycles. The van der Waals surface area contributed by atoms with E-state index >= 15 is 0 Å². The minimum atomic E-state index is -1.05. The van der Waals surface area contributed by atoms with Crippen LogP contribution in [0.2, 0.25) is 0 Å². The molecule has 0 saturated heterocycles. The maximum Gasteiger partial charge on any atom is 0.328 e. The van der Waals surface area contributed by atoms with Crippen molar-refractivity contribution in [3.05, 3.63) is 78.4 Å². The van der Waals surface area contributed by atoms with Gasteiger partial charge in [-0.2, -0.15) is 0 Å². The number of methoxy groups -OCH3 is 1. The second-order valence-electron chi connectivity index (χ2n) is 7.53. The summed E-state index contributed by atoms with van der Waals surface area (Å²) in [6, 6.07) is 16.7. The van der Waals surface area contributed by atoms with E-state index in [4.69, 9.17) is 4.74 Å². The van der Waals surface area contributed by atoms with Gasteiger partial charge in [0.15, 0.2) is 0 Å². The summed E-state index contributed by atoms with van der Waals surface area (Å²) >= 11 is 0. The number of carbonyl (C=O) groups is 3. The second kappa shape index (κ2) is 11.6. The van der Waals surface area contributed by atoms with E-state index in [-0.39, 0.29) is 26.1 Å². The number of carboxylic acids is 1. The van der Waals surface area contributed by atoms with Crippen LogP contribution in [0.3, 0.4) is 0 Å². The van der Waals surface area contributed by atoms with Crippen LogP contribution in [0.4, 0.5) is 0 Å². The SMILES string of the molecule is COC(=O)C(Cc1cnc[nH]1)NC(=O)CN(CC(=O)O)Cc1ccc(-c2ccccc2)cc1. The first-order chi connectivity index (χ1) is 15.9. The van der Waals surface area contributed by atoms with Crippen LogP contribution in [0.5, 0.6) is 0 Å². The van der Waals surface area contributed by atoms with Crippen molar-refractivity contribution in [2.75, 3.05) is 20.2 Å². The van der Waals surface area contributed by atoms with E-state index in [9.17, 15) is 19.5 Å². The van der Waals surface area contributed by atoms with Crippen LogP contribution in [0, 0.1) is 0 Å². The molecule has 0 fully saturated rings. The molecular formula is C24H26N4O5. The van der Waals surface area contributed by atoms with Crippen LogP contribution < -0.4 is 5.32 Å². The summed E-state index contributed by atoms with van der Waals surface area (Å²) in [4.78, 5) is 44.4. The lowest BCUT2D eigenvalue weighted by atomic mass is 10.0. The van der Waals surface area contributed by atoms with Crippen LogP contribution in [-0.4, -0.2) is 64.1 Å². The van der Waals surface area contributed by atoms with Crippen molar-refractivity contribution in [3.8, 4) is 11.1 Å². The van der Waals surface area contributed by atoms with Crippen molar-refractivity contribution in [2.45, 2.75) is 19.0 Å². The number of aliphatic carboxylic acids is 1. The Morgan fingerprint density at radius 3 is 2.36 bits per heavy atom. The van der Waals surface area contributed by atoms with E-state index < -0.39 is 23.9 Å². The van der Waals surface area contributed by atoms with Gasteiger partial charge in [-0.1, -0.05) is 54.6 Å². The summed E-state index contributed by atoms with van der Waals surface area (Å²) in [7, 11) is 1.24. The number of amides is 1. The number of benzene rings is 2. The molecule has 0 aliphatic rings. The second-order valence-corrected chi connectivity index (χ2v) is 7.53. The predicted octanol–water partition coefficient (Wildman–Crippen LogP) is 1.86. The molecule has 3 N–H and O–H groups in total. The smallest absolute Gasteiger partial charge is 0.328 e. The average molecular weight is 450 g/mol. The van der Waals surface area contributed by atoms with Gasteiger partial charge < -0.3 is 20.1 Å². The number of hydrogen-bond donors (Lipinski definition) is 3. The molecule has 172 valence electrons. The van der Waals surface area contributed by atoms with Crippen molar-refractivity contribution >= 4 is 17.8 Å². The van der Waals surface area contributed by atoms with Crippen LogP contribution in [-0.2, 0) is 32.1 Å². The lowest BCUT2D eigenvalue weighted by molar-refractivity contribution is -0.145. The number of aromatic nitrogens is 2. The maximum absolute atomic E-state index is 12.6. The van der Waals surface area contributed by atoms with Crippen molar-refractivity contribution < 1.29 is 24.2 Å².